The summed E-state index contributed by atoms with van der Waals surface area (Å²) >= 11 is 0. The van der Waals surface area contributed by atoms with E-state index in [1.165, 1.54) is 0 Å². The lowest BCUT2D eigenvalue weighted by molar-refractivity contribution is 0.0518. The number of nitrogens with one attached hydrogen (secondary N) is 1. The number of halogens is 1. The first-order valence-corrected chi connectivity index (χ1v) is 7.86. The summed E-state index contributed by atoms with van der Waals surface area (Å²) in [6.45, 7) is 4.79. The highest BCUT2D eigenvalue weighted by Gasteiger charge is 2.37. The lowest BCUT2D eigenvalue weighted by Gasteiger charge is -2.46. The van der Waals surface area contributed by atoms with Crippen LogP contribution in [-0.4, -0.2) is 46.3 Å². The molecule has 0 spiro atoms. The predicted octanol–water partition coefficient (Wildman–Crippen LogP) is 2.04. The smallest absolute Gasteiger partial charge is 0.256 e. The second-order valence-electron chi connectivity index (χ2n) is 6.29. The molecule has 0 radical (unpaired) electrons. The number of carbonyl (C=O) groups is 1. The van der Waals surface area contributed by atoms with Crippen molar-refractivity contribution in [2.45, 2.75) is 19.4 Å². The van der Waals surface area contributed by atoms with Gasteiger partial charge in [-0.15, -0.1) is 12.4 Å². The Morgan fingerprint density at radius 2 is 2.26 bits per heavy atom. The van der Waals surface area contributed by atoms with Crippen molar-refractivity contribution in [3.05, 3.63) is 47.8 Å². The molecule has 1 amide bonds. The third kappa shape index (κ3) is 2.86. The number of carbonyl (C=O) groups excluding carboxylic acids is 1. The number of rotatable bonds is 2. The SMILES string of the molecule is Cc1ccc(-n2cccn2)c(C(=O)N2CC[C@H]3CNC3C2)c1.Cl. The number of nitrogens with zero attached hydrogens (tertiary/aromatic N) is 3. The van der Waals surface area contributed by atoms with Crippen LogP contribution in [0.2, 0.25) is 0 Å². The van der Waals surface area contributed by atoms with Crippen LogP contribution in [0.25, 0.3) is 5.69 Å². The molecule has 6 heteroatoms. The van der Waals surface area contributed by atoms with Gasteiger partial charge in [-0.2, -0.15) is 5.10 Å². The fourth-order valence-corrected chi connectivity index (χ4v) is 3.41. The number of fused-ring (bicyclic) bond motifs is 1. The minimum atomic E-state index is 0. The van der Waals surface area contributed by atoms with Gasteiger partial charge in [-0.25, -0.2) is 4.68 Å². The average Bonchev–Trinajstić information content (AvgIpc) is 3.02. The summed E-state index contributed by atoms with van der Waals surface area (Å²) in [5.74, 6) is 0.869. The van der Waals surface area contributed by atoms with Crippen LogP contribution in [0.5, 0.6) is 0 Å². The number of piperidine rings is 1. The molecule has 122 valence electrons. The Balaban J connectivity index is 0.00000156. The van der Waals surface area contributed by atoms with Gasteiger partial charge < -0.3 is 10.2 Å². The Morgan fingerprint density at radius 3 is 2.91 bits per heavy atom. The second kappa shape index (κ2) is 6.34. The zero-order valence-electron chi connectivity index (χ0n) is 13.1. The van der Waals surface area contributed by atoms with Crippen molar-refractivity contribution in [1.29, 1.82) is 0 Å². The fourth-order valence-electron chi connectivity index (χ4n) is 3.41. The van der Waals surface area contributed by atoms with Gasteiger partial charge in [0.1, 0.15) is 0 Å². The molecule has 2 atom stereocenters. The molecule has 23 heavy (non-hydrogen) atoms. The molecule has 4 rings (SSSR count). The van der Waals surface area contributed by atoms with Crippen molar-refractivity contribution < 1.29 is 4.79 Å². The van der Waals surface area contributed by atoms with Crippen LogP contribution in [0.1, 0.15) is 22.3 Å². The normalized spacial score (nSPS) is 22.7. The number of aromatic nitrogens is 2. The molecule has 0 aliphatic carbocycles. The molecular formula is C17H21ClN4O. The summed E-state index contributed by atoms with van der Waals surface area (Å²) in [6.07, 6.45) is 4.71. The standard InChI is InChI=1S/C17H20N4O.ClH/c1-12-3-4-16(21-7-2-6-19-21)14(9-12)17(22)20-8-5-13-10-18-15(13)11-20;/h2-4,6-7,9,13,15,18H,5,8,10-11H2,1H3;1H/t13-,15?;/m0./s1. The maximum atomic E-state index is 13.0. The molecule has 2 aliphatic heterocycles. The van der Waals surface area contributed by atoms with Crippen molar-refractivity contribution in [3.8, 4) is 5.69 Å². The van der Waals surface area contributed by atoms with E-state index in [9.17, 15) is 4.79 Å². The van der Waals surface area contributed by atoms with Gasteiger partial charge in [-0.05, 0) is 44.0 Å². The van der Waals surface area contributed by atoms with E-state index in [2.05, 4.69) is 10.4 Å². The van der Waals surface area contributed by atoms with E-state index in [0.29, 0.717) is 6.04 Å². The quantitative estimate of drug-likeness (QED) is 0.915. The minimum Gasteiger partial charge on any atom is -0.337 e. The van der Waals surface area contributed by atoms with Gasteiger partial charge >= 0.3 is 0 Å². The Kier molecular flexibility index (Phi) is 4.41. The predicted molar refractivity (Wildman–Crippen MR) is 91.4 cm³/mol. The Labute approximate surface area is 142 Å². The molecule has 0 saturated carbocycles. The van der Waals surface area contributed by atoms with Gasteiger partial charge in [-0.1, -0.05) is 11.6 Å². The molecule has 1 N–H and O–H groups in total. The van der Waals surface area contributed by atoms with E-state index >= 15 is 0 Å². The summed E-state index contributed by atoms with van der Waals surface area (Å²) in [5, 5.41) is 7.70. The Morgan fingerprint density at radius 1 is 1.39 bits per heavy atom. The first-order chi connectivity index (χ1) is 10.7. The number of amides is 1. The van der Waals surface area contributed by atoms with Crippen molar-refractivity contribution in [3.63, 3.8) is 0 Å². The third-order valence-electron chi connectivity index (χ3n) is 4.82. The van der Waals surface area contributed by atoms with E-state index in [1.54, 1.807) is 10.9 Å². The van der Waals surface area contributed by atoms with Crippen LogP contribution in [0.4, 0.5) is 0 Å². The van der Waals surface area contributed by atoms with Crippen molar-refractivity contribution >= 4 is 18.3 Å². The van der Waals surface area contributed by atoms with Gasteiger partial charge in [0, 0.05) is 31.5 Å². The van der Waals surface area contributed by atoms with Crippen LogP contribution in [0, 0.1) is 12.8 Å². The van der Waals surface area contributed by atoms with Crippen LogP contribution in [0.15, 0.2) is 36.7 Å². The fraction of sp³-hybridized carbons (Fsp3) is 0.412. The zero-order valence-corrected chi connectivity index (χ0v) is 13.9. The number of hydrogen-bond acceptors (Lipinski definition) is 3. The van der Waals surface area contributed by atoms with Crippen LogP contribution in [0.3, 0.4) is 0 Å². The first-order valence-electron chi connectivity index (χ1n) is 7.86. The van der Waals surface area contributed by atoms with Crippen LogP contribution >= 0.6 is 12.4 Å². The second-order valence-corrected chi connectivity index (χ2v) is 6.29. The van der Waals surface area contributed by atoms with E-state index < -0.39 is 0 Å². The molecule has 5 nitrogen and oxygen atoms in total. The number of hydrogen-bond donors (Lipinski definition) is 1. The topological polar surface area (TPSA) is 50.2 Å². The van der Waals surface area contributed by atoms with Crippen molar-refractivity contribution in [2.24, 2.45) is 5.92 Å². The van der Waals surface area contributed by atoms with Crippen molar-refractivity contribution in [1.82, 2.24) is 20.0 Å². The molecule has 2 fully saturated rings. The highest BCUT2D eigenvalue weighted by molar-refractivity contribution is 5.98. The molecule has 2 aliphatic rings. The highest BCUT2D eigenvalue weighted by Crippen LogP contribution is 2.26. The maximum Gasteiger partial charge on any atom is 0.256 e. The summed E-state index contributed by atoms with van der Waals surface area (Å²) in [6, 6.07) is 8.32. The van der Waals surface area contributed by atoms with Crippen LogP contribution in [-0.2, 0) is 0 Å². The third-order valence-corrected chi connectivity index (χ3v) is 4.82. The van der Waals surface area contributed by atoms with Gasteiger partial charge in [0.05, 0.1) is 11.3 Å². The molecule has 0 bridgehead atoms. The largest absolute Gasteiger partial charge is 0.337 e. The number of aryl methyl sites for hydroxylation is 1. The highest BCUT2D eigenvalue weighted by atomic mass is 35.5. The van der Waals surface area contributed by atoms with E-state index in [4.69, 9.17) is 0 Å². The molecule has 1 unspecified atom stereocenters. The zero-order chi connectivity index (χ0) is 15.1. The molecule has 1 aromatic heterocycles. The van der Waals surface area contributed by atoms with Gasteiger partial charge in [0.2, 0.25) is 0 Å². The van der Waals surface area contributed by atoms with Crippen LogP contribution < -0.4 is 5.32 Å². The summed E-state index contributed by atoms with van der Waals surface area (Å²) < 4.78 is 1.76. The Bertz CT molecular complexity index is 701. The van der Waals surface area contributed by atoms with E-state index in [1.807, 2.05) is 42.3 Å². The van der Waals surface area contributed by atoms with E-state index in [-0.39, 0.29) is 18.3 Å². The summed E-state index contributed by atoms with van der Waals surface area (Å²) in [4.78, 5) is 15.0. The summed E-state index contributed by atoms with van der Waals surface area (Å²) in [5.41, 5.74) is 2.68. The summed E-state index contributed by atoms with van der Waals surface area (Å²) in [7, 11) is 0. The maximum absolute atomic E-state index is 13.0. The lowest BCUT2D eigenvalue weighted by Crippen LogP contribution is -2.62. The average molecular weight is 333 g/mol. The van der Waals surface area contributed by atoms with Gasteiger partial charge in [0.15, 0.2) is 0 Å². The molecular weight excluding hydrogens is 312 g/mol. The molecule has 3 heterocycles. The lowest BCUT2D eigenvalue weighted by atomic mass is 9.84. The number of benzene rings is 1. The minimum absolute atomic E-state index is 0. The number of likely N-dealkylation sites (tertiary alicyclic amines) is 1. The molecule has 2 aromatic rings. The first kappa shape index (κ1) is 16.0. The van der Waals surface area contributed by atoms with Gasteiger partial charge in [0.25, 0.3) is 5.91 Å². The monoisotopic (exact) mass is 332 g/mol. The molecule has 1 aromatic carbocycles. The van der Waals surface area contributed by atoms with E-state index in [0.717, 1.165) is 48.8 Å². The Hall–Kier alpha value is -1.85. The molecule has 2 saturated heterocycles. The van der Waals surface area contributed by atoms with Crippen molar-refractivity contribution in [2.75, 3.05) is 19.6 Å². The van der Waals surface area contributed by atoms with Gasteiger partial charge in [-0.3, -0.25) is 4.79 Å².